The monoisotopic (exact) mass is 252 g/mol. The van der Waals surface area contributed by atoms with Gasteiger partial charge in [0.05, 0.1) is 6.61 Å². The van der Waals surface area contributed by atoms with Gasteiger partial charge in [0.15, 0.2) is 0 Å². The lowest BCUT2D eigenvalue weighted by Crippen LogP contribution is -2.32. The van der Waals surface area contributed by atoms with Crippen LogP contribution in [-0.4, -0.2) is 40.1 Å². The van der Waals surface area contributed by atoms with Gasteiger partial charge in [0.25, 0.3) is 0 Å². The van der Waals surface area contributed by atoms with E-state index in [1.165, 1.54) is 0 Å². The molecule has 1 fully saturated rings. The molecule has 1 saturated heterocycles. The standard InChI is InChI=1S/C10H16N6O2/c1-2-18-10-15-8(11)14-9(16-10)12-5-6-3-4-7(17)13-6/h6H,2-5H2,1H3,(H,13,17)(H3,11,12,14,15,16). The highest BCUT2D eigenvalue weighted by atomic mass is 16.5. The molecule has 8 heteroatoms. The lowest BCUT2D eigenvalue weighted by atomic mass is 10.2. The summed E-state index contributed by atoms with van der Waals surface area (Å²) >= 11 is 0. The van der Waals surface area contributed by atoms with E-state index in [2.05, 4.69) is 25.6 Å². The Morgan fingerprint density at radius 1 is 1.50 bits per heavy atom. The minimum Gasteiger partial charge on any atom is -0.464 e. The van der Waals surface area contributed by atoms with Crippen LogP contribution in [0.5, 0.6) is 6.01 Å². The fraction of sp³-hybridized carbons (Fsp3) is 0.600. The molecule has 4 N–H and O–H groups in total. The predicted octanol–water partition coefficient (Wildman–Crippen LogP) is -0.457. The maximum Gasteiger partial charge on any atom is 0.323 e. The fourth-order valence-corrected chi connectivity index (χ4v) is 1.69. The Morgan fingerprint density at radius 3 is 3.00 bits per heavy atom. The maximum absolute atomic E-state index is 11.0. The van der Waals surface area contributed by atoms with Crippen molar-refractivity contribution in [2.45, 2.75) is 25.8 Å². The first kappa shape index (κ1) is 12.3. The van der Waals surface area contributed by atoms with Crippen molar-refractivity contribution in [2.75, 3.05) is 24.2 Å². The molecule has 0 spiro atoms. The van der Waals surface area contributed by atoms with Gasteiger partial charge in [-0.25, -0.2) is 0 Å². The zero-order chi connectivity index (χ0) is 13.0. The van der Waals surface area contributed by atoms with Crippen molar-refractivity contribution < 1.29 is 9.53 Å². The number of aromatic nitrogens is 3. The number of carbonyl (C=O) groups is 1. The third-order valence-corrected chi connectivity index (χ3v) is 2.50. The molecule has 0 aromatic carbocycles. The Balaban J connectivity index is 1.94. The SMILES string of the molecule is CCOc1nc(N)nc(NCC2CCC(=O)N2)n1. The number of nitrogen functional groups attached to an aromatic ring is 1. The molecule has 1 unspecified atom stereocenters. The number of ether oxygens (including phenoxy) is 1. The Bertz CT molecular complexity index is 438. The Hall–Kier alpha value is -2.12. The molecule has 1 amide bonds. The molecule has 8 nitrogen and oxygen atoms in total. The molecular formula is C10H16N6O2. The van der Waals surface area contributed by atoms with E-state index in [4.69, 9.17) is 10.5 Å². The summed E-state index contributed by atoms with van der Waals surface area (Å²) in [6.45, 7) is 2.85. The summed E-state index contributed by atoms with van der Waals surface area (Å²) in [7, 11) is 0. The molecule has 1 aliphatic rings. The van der Waals surface area contributed by atoms with Crippen LogP contribution >= 0.6 is 0 Å². The molecule has 1 aromatic heterocycles. The number of nitrogens with zero attached hydrogens (tertiary/aromatic N) is 3. The molecule has 0 saturated carbocycles. The van der Waals surface area contributed by atoms with E-state index in [1.807, 2.05) is 6.92 Å². The second-order valence-corrected chi connectivity index (χ2v) is 3.92. The molecule has 0 radical (unpaired) electrons. The van der Waals surface area contributed by atoms with Gasteiger partial charge in [-0.2, -0.15) is 15.0 Å². The molecule has 18 heavy (non-hydrogen) atoms. The first-order valence-corrected chi connectivity index (χ1v) is 5.85. The summed E-state index contributed by atoms with van der Waals surface area (Å²) in [6, 6.07) is 0.300. The van der Waals surface area contributed by atoms with E-state index in [1.54, 1.807) is 0 Å². The van der Waals surface area contributed by atoms with Gasteiger partial charge in [0.1, 0.15) is 0 Å². The number of hydrogen-bond acceptors (Lipinski definition) is 7. The largest absolute Gasteiger partial charge is 0.464 e. The number of rotatable bonds is 5. The maximum atomic E-state index is 11.0. The van der Waals surface area contributed by atoms with Gasteiger partial charge in [0, 0.05) is 19.0 Å². The number of nitrogens with one attached hydrogen (secondary N) is 2. The Labute approximate surface area is 104 Å². The zero-order valence-corrected chi connectivity index (χ0v) is 10.1. The minimum absolute atomic E-state index is 0.0759. The molecule has 0 bridgehead atoms. The normalized spacial score (nSPS) is 18.5. The number of anilines is 2. The van der Waals surface area contributed by atoms with Gasteiger partial charge in [-0.3, -0.25) is 4.79 Å². The molecule has 1 aliphatic heterocycles. The van der Waals surface area contributed by atoms with Crippen molar-refractivity contribution in [1.29, 1.82) is 0 Å². The van der Waals surface area contributed by atoms with E-state index < -0.39 is 0 Å². The van der Waals surface area contributed by atoms with E-state index in [0.29, 0.717) is 25.5 Å². The van der Waals surface area contributed by atoms with Crippen molar-refractivity contribution >= 4 is 17.8 Å². The fourth-order valence-electron chi connectivity index (χ4n) is 1.69. The average molecular weight is 252 g/mol. The topological polar surface area (TPSA) is 115 Å². The molecule has 1 atom stereocenters. The second kappa shape index (κ2) is 5.48. The summed E-state index contributed by atoms with van der Waals surface area (Å²) in [5.41, 5.74) is 5.54. The van der Waals surface area contributed by atoms with Crippen LogP contribution in [0.4, 0.5) is 11.9 Å². The van der Waals surface area contributed by atoms with Crippen LogP contribution in [0.1, 0.15) is 19.8 Å². The smallest absolute Gasteiger partial charge is 0.323 e. The van der Waals surface area contributed by atoms with E-state index in [9.17, 15) is 4.79 Å². The first-order valence-electron chi connectivity index (χ1n) is 5.85. The van der Waals surface area contributed by atoms with Crippen molar-refractivity contribution in [3.63, 3.8) is 0 Å². The van der Waals surface area contributed by atoms with Crippen LogP contribution in [0.15, 0.2) is 0 Å². The predicted molar refractivity (Wildman–Crippen MR) is 65.1 cm³/mol. The van der Waals surface area contributed by atoms with Crippen LogP contribution in [-0.2, 0) is 4.79 Å². The lowest BCUT2D eigenvalue weighted by molar-refractivity contribution is -0.119. The number of nitrogens with two attached hydrogens (primary N) is 1. The molecule has 2 heterocycles. The van der Waals surface area contributed by atoms with Crippen molar-refractivity contribution in [2.24, 2.45) is 0 Å². The average Bonchev–Trinajstić information content (AvgIpc) is 2.72. The van der Waals surface area contributed by atoms with Gasteiger partial charge in [-0.1, -0.05) is 0 Å². The zero-order valence-electron chi connectivity index (χ0n) is 10.1. The number of hydrogen-bond donors (Lipinski definition) is 3. The third-order valence-electron chi connectivity index (χ3n) is 2.50. The number of carbonyl (C=O) groups excluding carboxylic acids is 1. The summed E-state index contributed by atoms with van der Waals surface area (Å²) in [5.74, 6) is 0.533. The highest BCUT2D eigenvalue weighted by molar-refractivity contribution is 5.78. The highest BCUT2D eigenvalue weighted by Crippen LogP contribution is 2.11. The van der Waals surface area contributed by atoms with Crippen molar-refractivity contribution in [1.82, 2.24) is 20.3 Å². The van der Waals surface area contributed by atoms with Gasteiger partial charge in [-0.05, 0) is 13.3 Å². The second-order valence-electron chi connectivity index (χ2n) is 3.92. The van der Waals surface area contributed by atoms with E-state index in [0.717, 1.165) is 6.42 Å². The Kier molecular flexibility index (Phi) is 3.75. The Morgan fingerprint density at radius 2 is 2.33 bits per heavy atom. The van der Waals surface area contributed by atoms with Crippen molar-refractivity contribution in [3.8, 4) is 6.01 Å². The van der Waals surface area contributed by atoms with Crippen LogP contribution in [0, 0.1) is 0 Å². The summed E-state index contributed by atoms with van der Waals surface area (Å²) in [6.07, 6.45) is 1.38. The molecule has 1 aromatic rings. The lowest BCUT2D eigenvalue weighted by Gasteiger charge is -2.11. The van der Waals surface area contributed by atoms with Crippen LogP contribution in [0.25, 0.3) is 0 Å². The van der Waals surface area contributed by atoms with Gasteiger partial charge in [0.2, 0.25) is 17.8 Å². The molecule has 0 aliphatic carbocycles. The number of amides is 1. The van der Waals surface area contributed by atoms with Crippen molar-refractivity contribution in [3.05, 3.63) is 0 Å². The van der Waals surface area contributed by atoms with Crippen LogP contribution < -0.4 is 21.1 Å². The summed E-state index contributed by atoms with van der Waals surface area (Å²) in [5, 5.41) is 5.85. The van der Waals surface area contributed by atoms with Crippen LogP contribution in [0.3, 0.4) is 0 Å². The van der Waals surface area contributed by atoms with Gasteiger partial charge < -0.3 is 21.1 Å². The van der Waals surface area contributed by atoms with E-state index >= 15 is 0 Å². The third kappa shape index (κ3) is 3.19. The first-order chi connectivity index (χ1) is 8.67. The van der Waals surface area contributed by atoms with Gasteiger partial charge in [-0.15, -0.1) is 0 Å². The summed E-state index contributed by atoms with van der Waals surface area (Å²) < 4.78 is 5.16. The molecular weight excluding hydrogens is 236 g/mol. The van der Waals surface area contributed by atoms with E-state index in [-0.39, 0.29) is 23.9 Å². The minimum atomic E-state index is 0.0759. The quantitative estimate of drug-likeness (QED) is 0.649. The molecule has 98 valence electrons. The van der Waals surface area contributed by atoms with Crippen LogP contribution in [0.2, 0.25) is 0 Å². The van der Waals surface area contributed by atoms with Gasteiger partial charge >= 0.3 is 6.01 Å². The molecule has 2 rings (SSSR count). The summed E-state index contributed by atoms with van der Waals surface area (Å²) in [4.78, 5) is 22.9. The highest BCUT2D eigenvalue weighted by Gasteiger charge is 2.20.